The number of aliphatic hydroxyl groups excluding tert-OH is 2. The molecule has 4 N–H and O–H groups in total. The van der Waals surface area contributed by atoms with Crippen molar-refractivity contribution in [2.45, 2.75) is 32.8 Å². The van der Waals surface area contributed by atoms with E-state index in [1.807, 2.05) is 6.92 Å². The highest BCUT2D eigenvalue weighted by Gasteiger charge is 2.07. The quantitative estimate of drug-likeness (QED) is 0.628. The molecule has 15 heavy (non-hydrogen) atoms. The highest BCUT2D eigenvalue weighted by atomic mass is 16.5. The summed E-state index contributed by atoms with van der Waals surface area (Å²) in [5.74, 6) is 0.540. The lowest BCUT2D eigenvalue weighted by atomic mass is 10.1. The number of hydrogen-bond acceptors (Lipinski definition) is 4. The van der Waals surface area contributed by atoms with E-state index in [1.165, 1.54) is 0 Å². The van der Waals surface area contributed by atoms with Crippen LogP contribution < -0.4 is 10.5 Å². The van der Waals surface area contributed by atoms with Crippen LogP contribution in [0.3, 0.4) is 0 Å². The van der Waals surface area contributed by atoms with Crippen molar-refractivity contribution in [1.29, 1.82) is 0 Å². The van der Waals surface area contributed by atoms with Gasteiger partial charge in [0.2, 0.25) is 0 Å². The van der Waals surface area contributed by atoms with E-state index >= 15 is 0 Å². The van der Waals surface area contributed by atoms with E-state index in [4.69, 9.17) is 20.7 Å². The third-order valence-corrected chi connectivity index (χ3v) is 2.17. The first-order valence-electron chi connectivity index (χ1n) is 4.97. The van der Waals surface area contributed by atoms with E-state index in [1.54, 1.807) is 18.2 Å². The van der Waals surface area contributed by atoms with Crippen LogP contribution in [0.1, 0.15) is 24.5 Å². The molecule has 0 aliphatic rings. The minimum absolute atomic E-state index is 0.0522. The van der Waals surface area contributed by atoms with Gasteiger partial charge in [-0.2, -0.15) is 0 Å². The summed E-state index contributed by atoms with van der Waals surface area (Å²) in [5, 5.41) is 18.1. The summed E-state index contributed by atoms with van der Waals surface area (Å²) >= 11 is 0. The Morgan fingerprint density at radius 2 is 2.07 bits per heavy atom. The first kappa shape index (κ1) is 12.0. The van der Waals surface area contributed by atoms with Gasteiger partial charge < -0.3 is 14.9 Å². The molecule has 0 aliphatic heterocycles. The summed E-state index contributed by atoms with van der Waals surface area (Å²) in [6.45, 7) is 1.76. The number of aliphatic hydroxyl groups is 2. The van der Waals surface area contributed by atoms with Crippen molar-refractivity contribution in [1.82, 2.24) is 0 Å². The second-order valence-electron chi connectivity index (χ2n) is 3.32. The van der Waals surface area contributed by atoms with Gasteiger partial charge in [-0.15, -0.1) is 0 Å². The van der Waals surface area contributed by atoms with Gasteiger partial charge in [0.1, 0.15) is 12.0 Å². The zero-order valence-corrected chi connectivity index (χ0v) is 8.81. The summed E-state index contributed by atoms with van der Waals surface area (Å²) < 4.78 is 5.43. The Hall–Kier alpha value is -1.10. The molecule has 0 bridgehead atoms. The minimum atomic E-state index is -0.385. The summed E-state index contributed by atoms with van der Waals surface area (Å²) in [6, 6.07) is 5.17. The van der Waals surface area contributed by atoms with Crippen molar-refractivity contribution in [3.05, 3.63) is 29.3 Å². The monoisotopic (exact) mass is 211 g/mol. The number of hydrogen-bond donors (Lipinski definition) is 3. The van der Waals surface area contributed by atoms with Gasteiger partial charge in [0, 0.05) is 5.56 Å². The standard InChI is InChI=1S/C11H17NO3/c1-2-11(12)15-10-5-8(6-13)3-4-9(10)7-14/h3-5,11,13-14H,2,6-7,12H2,1H3. The van der Waals surface area contributed by atoms with Crippen molar-refractivity contribution in [3.63, 3.8) is 0 Å². The highest BCUT2D eigenvalue weighted by molar-refractivity contribution is 5.37. The molecule has 0 amide bonds. The predicted molar refractivity (Wildman–Crippen MR) is 57.2 cm³/mol. The first-order valence-corrected chi connectivity index (χ1v) is 4.97. The Kier molecular flexibility index (Phi) is 4.55. The Balaban J connectivity index is 2.90. The van der Waals surface area contributed by atoms with Crippen molar-refractivity contribution in [3.8, 4) is 5.75 Å². The third-order valence-electron chi connectivity index (χ3n) is 2.17. The van der Waals surface area contributed by atoms with Gasteiger partial charge >= 0.3 is 0 Å². The molecule has 0 aromatic heterocycles. The van der Waals surface area contributed by atoms with Crippen LogP contribution in [0.2, 0.25) is 0 Å². The second kappa shape index (κ2) is 5.70. The van der Waals surface area contributed by atoms with Crippen molar-refractivity contribution < 1.29 is 14.9 Å². The van der Waals surface area contributed by atoms with E-state index in [0.717, 1.165) is 5.56 Å². The van der Waals surface area contributed by atoms with Crippen molar-refractivity contribution in [2.75, 3.05) is 0 Å². The van der Waals surface area contributed by atoms with E-state index in [9.17, 15) is 0 Å². The maximum atomic E-state index is 9.08. The normalized spacial score (nSPS) is 12.5. The summed E-state index contributed by atoms with van der Waals surface area (Å²) in [5.41, 5.74) is 7.07. The third kappa shape index (κ3) is 3.20. The van der Waals surface area contributed by atoms with Gasteiger partial charge in [0.15, 0.2) is 0 Å². The fourth-order valence-corrected chi connectivity index (χ4v) is 1.18. The van der Waals surface area contributed by atoms with Crippen LogP contribution >= 0.6 is 0 Å². The largest absolute Gasteiger partial charge is 0.475 e. The number of benzene rings is 1. The van der Waals surface area contributed by atoms with Crippen LogP contribution in [0.15, 0.2) is 18.2 Å². The maximum absolute atomic E-state index is 9.08. The molecule has 0 radical (unpaired) electrons. The first-order chi connectivity index (χ1) is 7.21. The molecule has 0 aliphatic carbocycles. The molecule has 1 unspecified atom stereocenters. The molecular weight excluding hydrogens is 194 g/mol. The molecule has 1 aromatic rings. The van der Waals surface area contributed by atoms with E-state index in [2.05, 4.69) is 0 Å². The molecule has 4 heteroatoms. The Labute approximate surface area is 89.3 Å². The Morgan fingerprint density at radius 3 is 2.60 bits per heavy atom. The lowest BCUT2D eigenvalue weighted by molar-refractivity contribution is 0.194. The Bertz CT molecular complexity index is 315. The smallest absolute Gasteiger partial charge is 0.147 e. The van der Waals surface area contributed by atoms with Crippen molar-refractivity contribution >= 4 is 0 Å². The maximum Gasteiger partial charge on any atom is 0.147 e. The highest BCUT2D eigenvalue weighted by Crippen LogP contribution is 2.21. The van der Waals surface area contributed by atoms with Crippen LogP contribution in [0.25, 0.3) is 0 Å². The van der Waals surface area contributed by atoms with Gasteiger partial charge in [-0.3, -0.25) is 5.73 Å². The van der Waals surface area contributed by atoms with E-state index in [0.29, 0.717) is 17.7 Å². The van der Waals surface area contributed by atoms with Crippen molar-refractivity contribution in [2.24, 2.45) is 5.73 Å². The van der Waals surface area contributed by atoms with Gasteiger partial charge in [-0.05, 0) is 18.1 Å². The fraction of sp³-hybridized carbons (Fsp3) is 0.455. The molecule has 0 saturated heterocycles. The molecule has 0 spiro atoms. The van der Waals surface area contributed by atoms with Crippen LogP contribution in [0.5, 0.6) is 5.75 Å². The summed E-state index contributed by atoms with van der Waals surface area (Å²) in [7, 11) is 0. The average molecular weight is 211 g/mol. The number of ether oxygens (including phenoxy) is 1. The summed E-state index contributed by atoms with van der Waals surface area (Å²) in [6.07, 6.45) is 0.304. The molecule has 1 rings (SSSR count). The number of nitrogens with two attached hydrogens (primary N) is 1. The van der Waals surface area contributed by atoms with E-state index < -0.39 is 0 Å². The van der Waals surface area contributed by atoms with Crippen LogP contribution in [-0.2, 0) is 13.2 Å². The molecular formula is C11H17NO3. The van der Waals surface area contributed by atoms with Crippen LogP contribution in [0.4, 0.5) is 0 Å². The zero-order chi connectivity index (χ0) is 11.3. The van der Waals surface area contributed by atoms with E-state index in [-0.39, 0.29) is 19.4 Å². The lowest BCUT2D eigenvalue weighted by Crippen LogP contribution is -2.26. The van der Waals surface area contributed by atoms with Crippen LogP contribution in [0, 0.1) is 0 Å². The lowest BCUT2D eigenvalue weighted by Gasteiger charge is -2.15. The SMILES string of the molecule is CCC(N)Oc1cc(CO)ccc1CO. The number of rotatable bonds is 5. The molecule has 0 heterocycles. The Morgan fingerprint density at radius 1 is 1.33 bits per heavy atom. The van der Waals surface area contributed by atoms with Gasteiger partial charge in [0.25, 0.3) is 0 Å². The predicted octanol–water partition coefficient (Wildman–Crippen LogP) is 0.745. The topological polar surface area (TPSA) is 75.7 Å². The molecule has 1 aromatic carbocycles. The molecule has 0 fully saturated rings. The molecule has 1 atom stereocenters. The zero-order valence-electron chi connectivity index (χ0n) is 8.81. The van der Waals surface area contributed by atoms with Gasteiger partial charge in [0.05, 0.1) is 13.2 Å². The fourth-order valence-electron chi connectivity index (χ4n) is 1.18. The minimum Gasteiger partial charge on any atom is -0.475 e. The average Bonchev–Trinajstić information content (AvgIpc) is 2.28. The molecule has 0 saturated carbocycles. The van der Waals surface area contributed by atoms with Gasteiger partial charge in [-0.25, -0.2) is 0 Å². The van der Waals surface area contributed by atoms with Gasteiger partial charge in [-0.1, -0.05) is 19.1 Å². The second-order valence-corrected chi connectivity index (χ2v) is 3.32. The molecule has 4 nitrogen and oxygen atoms in total. The van der Waals surface area contributed by atoms with Crippen LogP contribution in [-0.4, -0.2) is 16.4 Å². The molecule has 84 valence electrons. The summed E-state index contributed by atoms with van der Waals surface area (Å²) in [4.78, 5) is 0.